The zero-order chi connectivity index (χ0) is 19.1. The van der Waals surface area contributed by atoms with Crippen LogP contribution in [0, 0.1) is 13.8 Å². The molecule has 1 amide bonds. The Labute approximate surface area is 161 Å². The number of hydrogen-bond donors (Lipinski definition) is 1. The van der Waals surface area contributed by atoms with E-state index >= 15 is 0 Å². The van der Waals surface area contributed by atoms with E-state index in [1.165, 1.54) is 35.6 Å². The first-order valence-corrected chi connectivity index (χ1v) is 9.87. The molecule has 138 valence electrons. The number of aryl methyl sites for hydroxylation is 2. The third-order valence-corrected chi connectivity index (χ3v) is 5.76. The second-order valence-corrected chi connectivity index (χ2v) is 8.00. The molecule has 26 heavy (non-hydrogen) atoms. The number of rotatable bonds is 8. The van der Waals surface area contributed by atoms with Gasteiger partial charge in [-0.3, -0.25) is 14.4 Å². The van der Waals surface area contributed by atoms with E-state index in [9.17, 15) is 14.4 Å². The summed E-state index contributed by atoms with van der Waals surface area (Å²) in [6, 6.07) is 9.51. The van der Waals surface area contributed by atoms with Gasteiger partial charge in [-0.15, -0.1) is 23.1 Å². The number of carbonyl (C=O) groups excluding carboxylic acids is 3. The Hall–Kier alpha value is -2.12. The maximum atomic E-state index is 12.1. The minimum Gasteiger partial charge on any atom is -0.457 e. The molecule has 0 aliphatic carbocycles. The van der Waals surface area contributed by atoms with Gasteiger partial charge >= 0.3 is 5.97 Å². The maximum absolute atomic E-state index is 12.1. The Kier molecular flexibility index (Phi) is 7.41. The number of thioether (sulfide) groups is 1. The molecule has 1 heterocycles. The molecule has 0 aliphatic heterocycles. The quantitative estimate of drug-likeness (QED) is 0.423. The van der Waals surface area contributed by atoms with E-state index in [-0.39, 0.29) is 24.1 Å². The van der Waals surface area contributed by atoms with Crippen LogP contribution in [0.2, 0.25) is 0 Å². The third-order valence-electron chi connectivity index (χ3n) is 3.49. The summed E-state index contributed by atoms with van der Waals surface area (Å²) in [5.74, 6) is -0.621. The lowest BCUT2D eigenvalue weighted by atomic mass is 10.2. The molecular weight excluding hydrogens is 370 g/mol. The Morgan fingerprint density at radius 3 is 2.62 bits per heavy atom. The minimum atomic E-state index is -0.418. The third kappa shape index (κ3) is 6.31. The molecule has 1 N–H and O–H groups in total. The van der Waals surface area contributed by atoms with Crippen LogP contribution in [0.1, 0.15) is 32.6 Å². The molecule has 0 atom stereocenters. The summed E-state index contributed by atoms with van der Waals surface area (Å²) in [5, 5.41) is 2.68. The molecule has 0 unspecified atom stereocenters. The van der Waals surface area contributed by atoms with Gasteiger partial charge in [0.25, 0.3) is 0 Å². The van der Waals surface area contributed by atoms with Crippen LogP contribution >= 0.6 is 23.1 Å². The summed E-state index contributed by atoms with van der Waals surface area (Å²) in [6.45, 7) is 5.58. The minimum absolute atomic E-state index is 0.124. The molecule has 5 nitrogen and oxygen atoms in total. The van der Waals surface area contributed by atoms with Crippen molar-refractivity contribution in [3.05, 3.63) is 51.2 Å². The van der Waals surface area contributed by atoms with Crippen LogP contribution in [0.5, 0.6) is 0 Å². The standard InChI is InChI=1S/C19H21NO4S2/c1-12-4-6-17(13(2)8-12)25-11-19(23)24-10-16(22)18-7-5-15(26-18)9-20-14(3)21/h4-8H,9-11H2,1-3H3,(H,20,21). The average Bonchev–Trinajstić information content (AvgIpc) is 3.06. The molecule has 0 spiro atoms. The van der Waals surface area contributed by atoms with Gasteiger partial charge in [0.1, 0.15) is 0 Å². The van der Waals surface area contributed by atoms with Crippen LogP contribution in [-0.4, -0.2) is 30.0 Å². The Morgan fingerprint density at radius 2 is 1.92 bits per heavy atom. The Morgan fingerprint density at radius 1 is 1.15 bits per heavy atom. The maximum Gasteiger partial charge on any atom is 0.316 e. The Balaban J connectivity index is 1.77. The number of carbonyl (C=O) groups is 3. The van der Waals surface area contributed by atoms with E-state index < -0.39 is 5.97 Å². The van der Waals surface area contributed by atoms with Crippen molar-refractivity contribution in [2.75, 3.05) is 12.4 Å². The normalized spacial score (nSPS) is 10.4. The number of nitrogens with one attached hydrogen (secondary N) is 1. The van der Waals surface area contributed by atoms with E-state index in [1.54, 1.807) is 12.1 Å². The van der Waals surface area contributed by atoms with Gasteiger partial charge in [-0.25, -0.2) is 0 Å². The largest absolute Gasteiger partial charge is 0.457 e. The van der Waals surface area contributed by atoms with Crippen molar-refractivity contribution in [2.45, 2.75) is 32.2 Å². The molecule has 0 bridgehead atoms. The number of ether oxygens (including phenoxy) is 1. The van der Waals surface area contributed by atoms with Crippen molar-refractivity contribution in [3.8, 4) is 0 Å². The summed E-state index contributed by atoms with van der Waals surface area (Å²) >= 11 is 2.69. The van der Waals surface area contributed by atoms with Crippen molar-refractivity contribution >= 4 is 40.8 Å². The lowest BCUT2D eigenvalue weighted by molar-refractivity contribution is -0.139. The predicted molar refractivity (Wildman–Crippen MR) is 104 cm³/mol. The highest BCUT2D eigenvalue weighted by atomic mass is 32.2. The fraction of sp³-hybridized carbons (Fsp3) is 0.316. The van der Waals surface area contributed by atoms with E-state index in [0.29, 0.717) is 11.4 Å². The molecular formula is C19H21NO4S2. The second-order valence-electron chi connectivity index (χ2n) is 5.82. The van der Waals surface area contributed by atoms with E-state index in [1.807, 2.05) is 26.0 Å². The molecule has 0 saturated carbocycles. The first kappa shape index (κ1) is 20.2. The summed E-state index contributed by atoms with van der Waals surface area (Å²) in [6.07, 6.45) is 0. The fourth-order valence-corrected chi connectivity index (χ4v) is 3.87. The van der Waals surface area contributed by atoms with E-state index in [2.05, 4.69) is 11.4 Å². The van der Waals surface area contributed by atoms with Crippen molar-refractivity contribution in [1.82, 2.24) is 5.32 Å². The van der Waals surface area contributed by atoms with Crippen LogP contribution < -0.4 is 5.32 Å². The molecule has 0 fully saturated rings. The lowest BCUT2D eigenvalue weighted by Crippen LogP contribution is -2.18. The molecule has 1 aromatic heterocycles. The number of ketones is 1. The number of benzene rings is 1. The van der Waals surface area contributed by atoms with E-state index in [0.717, 1.165) is 15.3 Å². The Bertz CT molecular complexity index is 814. The first-order valence-electron chi connectivity index (χ1n) is 8.07. The van der Waals surface area contributed by atoms with Crippen molar-refractivity contribution in [1.29, 1.82) is 0 Å². The van der Waals surface area contributed by atoms with Crippen molar-refractivity contribution in [3.63, 3.8) is 0 Å². The molecule has 2 aromatic rings. The van der Waals surface area contributed by atoms with Crippen LogP contribution in [-0.2, 0) is 20.9 Å². The van der Waals surface area contributed by atoms with Gasteiger partial charge in [0.05, 0.1) is 17.2 Å². The second kappa shape index (κ2) is 9.54. The van der Waals surface area contributed by atoms with Crippen LogP contribution in [0.4, 0.5) is 0 Å². The fourth-order valence-electron chi connectivity index (χ4n) is 2.19. The van der Waals surface area contributed by atoms with Gasteiger partial charge < -0.3 is 10.1 Å². The van der Waals surface area contributed by atoms with Gasteiger partial charge in [0, 0.05) is 16.7 Å². The van der Waals surface area contributed by atoms with Gasteiger partial charge in [0.2, 0.25) is 11.7 Å². The van der Waals surface area contributed by atoms with Crippen molar-refractivity contribution in [2.24, 2.45) is 0 Å². The number of Topliss-reactive ketones (excluding diaryl/α,β-unsaturated/α-hetero) is 1. The lowest BCUT2D eigenvalue weighted by Gasteiger charge is -2.06. The molecule has 1 aromatic carbocycles. The van der Waals surface area contributed by atoms with Crippen molar-refractivity contribution < 1.29 is 19.1 Å². The summed E-state index contributed by atoms with van der Waals surface area (Å²) in [7, 11) is 0. The highest BCUT2D eigenvalue weighted by Crippen LogP contribution is 2.23. The highest BCUT2D eigenvalue weighted by molar-refractivity contribution is 8.00. The van der Waals surface area contributed by atoms with Gasteiger partial charge in [-0.05, 0) is 37.6 Å². The number of hydrogen-bond acceptors (Lipinski definition) is 6. The zero-order valence-electron chi connectivity index (χ0n) is 15.0. The number of esters is 1. The summed E-state index contributed by atoms with van der Waals surface area (Å²) < 4.78 is 5.08. The molecule has 0 saturated heterocycles. The van der Waals surface area contributed by atoms with Crippen LogP contribution in [0.25, 0.3) is 0 Å². The number of amides is 1. The van der Waals surface area contributed by atoms with Gasteiger partial charge in [-0.2, -0.15) is 0 Å². The smallest absolute Gasteiger partial charge is 0.316 e. The predicted octanol–water partition coefficient (Wildman–Crippen LogP) is 3.52. The summed E-state index contributed by atoms with van der Waals surface area (Å²) in [4.78, 5) is 37.3. The summed E-state index contributed by atoms with van der Waals surface area (Å²) in [5.41, 5.74) is 2.29. The number of thiophene rings is 1. The average molecular weight is 392 g/mol. The first-order chi connectivity index (χ1) is 12.3. The molecule has 0 radical (unpaired) electrons. The monoisotopic (exact) mass is 391 g/mol. The molecule has 7 heteroatoms. The topological polar surface area (TPSA) is 72.5 Å². The van der Waals surface area contributed by atoms with E-state index in [4.69, 9.17) is 4.74 Å². The zero-order valence-corrected chi connectivity index (χ0v) is 16.6. The van der Waals surface area contributed by atoms with Gasteiger partial charge in [0.15, 0.2) is 6.61 Å². The molecule has 2 rings (SSSR count). The SMILES string of the molecule is CC(=O)NCc1ccc(C(=O)COC(=O)CSc2ccc(C)cc2C)s1. The van der Waals surface area contributed by atoms with Crippen LogP contribution in [0.15, 0.2) is 35.2 Å². The highest BCUT2D eigenvalue weighted by Gasteiger charge is 2.13. The van der Waals surface area contributed by atoms with Gasteiger partial charge in [-0.1, -0.05) is 17.7 Å². The van der Waals surface area contributed by atoms with Crippen LogP contribution in [0.3, 0.4) is 0 Å². The molecule has 0 aliphatic rings.